The number of thiazole rings is 1. The van der Waals surface area contributed by atoms with Crippen LogP contribution in [0.5, 0.6) is 0 Å². The smallest absolute Gasteiger partial charge is 0.263 e. The van der Waals surface area contributed by atoms with E-state index in [9.17, 15) is 4.79 Å². The molecule has 26 heavy (non-hydrogen) atoms. The van der Waals surface area contributed by atoms with Crippen LogP contribution < -0.4 is 10.6 Å². The molecule has 0 saturated carbocycles. The van der Waals surface area contributed by atoms with Crippen molar-refractivity contribution < 1.29 is 9.53 Å². The number of nitrogens with one attached hydrogen (secondary N) is 2. The van der Waals surface area contributed by atoms with E-state index in [-0.39, 0.29) is 30.3 Å². The molecule has 1 aromatic carbocycles. The van der Waals surface area contributed by atoms with Gasteiger partial charge in [0.05, 0.1) is 34.0 Å². The van der Waals surface area contributed by atoms with Gasteiger partial charge in [-0.05, 0) is 24.6 Å². The van der Waals surface area contributed by atoms with Crippen molar-refractivity contribution >= 4 is 52.9 Å². The van der Waals surface area contributed by atoms with Crippen LogP contribution in [0, 0.1) is 12.8 Å². The van der Waals surface area contributed by atoms with Gasteiger partial charge in [0, 0.05) is 25.6 Å². The molecule has 1 amide bonds. The Kier molecular flexibility index (Phi) is 8.13. The summed E-state index contributed by atoms with van der Waals surface area (Å²) in [6.45, 7) is 4.45. The van der Waals surface area contributed by atoms with Gasteiger partial charge in [-0.25, -0.2) is 4.98 Å². The fraction of sp³-hybridized carbons (Fsp3) is 0.412. The van der Waals surface area contributed by atoms with E-state index in [4.69, 9.17) is 27.9 Å². The van der Waals surface area contributed by atoms with Gasteiger partial charge in [0.25, 0.3) is 5.91 Å². The van der Waals surface area contributed by atoms with Gasteiger partial charge in [-0.1, -0.05) is 29.3 Å². The van der Waals surface area contributed by atoms with Gasteiger partial charge in [0.2, 0.25) is 0 Å². The van der Waals surface area contributed by atoms with Crippen molar-refractivity contribution in [3.05, 3.63) is 49.9 Å². The van der Waals surface area contributed by atoms with Crippen molar-refractivity contribution in [3.8, 4) is 0 Å². The van der Waals surface area contributed by atoms with Gasteiger partial charge in [-0.15, -0.1) is 23.7 Å². The average molecular weight is 437 g/mol. The van der Waals surface area contributed by atoms with Crippen molar-refractivity contribution in [1.29, 1.82) is 0 Å². The zero-order valence-corrected chi connectivity index (χ0v) is 17.3. The number of halogens is 3. The molecule has 2 N–H and O–H groups in total. The third-order valence-corrected chi connectivity index (χ3v) is 5.83. The molecule has 0 unspecified atom stereocenters. The Hall–Kier alpha value is -0.890. The minimum atomic E-state index is -0.160. The van der Waals surface area contributed by atoms with Crippen LogP contribution >= 0.6 is 46.9 Å². The van der Waals surface area contributed by atoms with Crippen molar-refractivity contribution in [1.82, 2.24) is 15.6 Å². The molecule has 0 radical (unpaired) electrons. The minimum Gasteiger partial charge on any atom is -0.372 e. The van der Waals surface area contributed by atoms with E-state index in [1.807, 2.05) is 19.1 Å². The van der Waals surface area contributed by atoms with Crippen molar-refractivity contribution in [2.75, 3.05) is 26.2 Å². The van der Waals surface area contributed by atoms with Crippen LogP contribution in [-0.4, -0.2) is 37.1 Å². The van der Waals surface area contributed by atoms with Crippen molar-refractivity contribution in [3.63, 3.8) is 0 Å². The first-order chi connectivity index (χ1) is 12.1. The summed E-state index contributed by atoms with van der Waals surface area (Å²) in [5, 5.41) is 7.37. The van der Waals surface area contributed by atoms with E-state index in [2.05, 4.69) is 15.6 Å². The first-order valence-electron chi connectivity index (χ1n) is 8.02. The quantitative estimate of drug-likeness (QED) is 0.763. The number of benzene rings is 1. The zero-order chi connectivity index (χ0) is 17.8. The van der Waals surface area contributed by atoms with Crippen molar-refractivity contribution in [2.24, 2.45) is 5.92 Å². The van der Waals surface area contributed by atoms with E-state index < -0.39 is 0 Å². The lowest BCUT2D eigenvalue weighted by molar-refractivity contribution is 0.0306. The standard InChI is InChI=1S/C17H19Cl2N3O2S.ClH/c1-10-16(25-9-22-10)17(23)21-8-12-7-20-4-5-24-15(12)11-2-3-13(18)14(19)6-11;/h2-3,6,9,12,15,20H,4-5,7-8H2,1H3,(H,21,23);1H/t12-,15-;/m0./s1. The number of aromatic nitrogens is 1. The maximum absolute atomic E-state index is 12.4. The lowest BCUT2D eigenvalue weighted by Crippen LogP contribution is -2.36. The van der Waals surface area contributed by atoms with Gasteiger partial charge >= 0.3 is 0 Å². The van der Waals surface area contributed by atoms with E-state index in [0.29, 0.717) is 28.1 Å². The molecule has 0 spiro atoms. The monoisotopic (exact) mass is 435 g/mol. The molecule has 1 saturated heterocycles. The molecule has 3 rings (SSSR count). The average Bonchev–Trinajstić information content (AvgIpc) is 2.89. The molecule has 9 heteroatoms. The lowest BCUT2D eigenvalue weighted by Gasteiger charge is -2.25. The highest BCUT2D eigenvalue weighted by atomic mass is 35.5. The van der Waals surface area contributed by atoms with Gasteiger partial charge in [0.1, 0.15) is 4.88 Å². The molecular weight excluding hydrogens is 417 g/mol. The van der Waals surface area contributed by atoms with Gasteiger partial charge < -0.3 is 15.4 Å². The van der Waals surface area contributed by atoms with Crippen LogP contribution in [-0.2, 0) is 4.74 Å². The highest BCUT2D eigenvalue weighted by Crippen LogP contribution is 2.32. The van der Waals surface area contributed by atoms with E-state index in [1.165, 1.54) is 11.3 Å². The highest BCUT2D eigenvalue weighted by Gasteiger charge is 2.27. The van der Waals surface area contributed by atoms with E-state index in [0.717, 1.165) is 24.3 Å². The Balaban J connectivity index is 0.00000243. The Morgan fingerprint density at radius 1 is 1.42 bits per heavy atom. The van der Waals surface area contributed by atoms with Crippen LogP contribution in [0.3, 0.4) is 0 Å². The van der Waals surface area contributed by atoms with Gasteiger partial charge in [-0.2, -0.15) is 0 Å². The second kappa shape index (κ2) is 9.88. The molecule has 2 aromatic rings. The first kappa shape index (κ1) is 21.4. The molecule has 2 heterocycles. The number of nitrogens with zero attached hydrogens (tertiary/aromatic N) is 1. The predicted octanol–water partition coefficient (Wildman–Crippen LogP) is 3.89. The zero-order valence-electron chi connectivity index (χ0n) is 14.1. The Labute approximate surface area is 172 Å². The van der Waals surface area contributed by atoms with Gasteiger partial charge in [-0.3, -0.25) is 4.79 Å². The third-order valence-electron chi connectivity index (χ3n) is 4.16. The topological polar surface area (TPSA) is 63.2 Å². The molecule has 1 aromatic heterocycles. The fourth-order valence-electron chi connectivity index (χ4n) is 2.85. The Morgan fingerprint density at radius 2 is 2.23 bits per heavy atom. The summed E-state index contributed by atoms with van der Waals surface area (Å²) < 4.78 is 6.02. The van der Waals surface area contributed by atoms with Crippen molar-refractivity contribution in [2.45, 2.75) is 13.0 Å². The lowest BCUT2D eigenvalue weighted by atomic mass is 9.95. The molecule has 5 nitrogen and oxygen atoms in total. The third kappa shape index (κ3) is 5.09. The van der Waals surface area contributed by atoms with Crippen LogP contribution in [0.4, 0.5) is 0 Å². The second-order valence-electron chi connectivity index (χ2n) is 5.91. The molecule has 142 valence electrons. The number of aryl methyl sites for hydroxylation is 1. The SMILES string of the molecule is Cc1ncsc1C(=O)NC[C@@H]1CNCCO[C@H]1c1ccc(Cl)c(Cl)c1.Cl. The second-order valence-corrected chi connectivity index (χ2v) is 7.58. The molecule has 1 aliphatic rings. The number of hydrogen-bond donors (Lipinski definition) is 2. The number of carbonyl (C=O) groups is 1. The normalized spacial score (nSPS) is 20.1. The van der Waals surface area contributed by atoms with Crippen LogP contribution in [0.25, 0.3) is 0 Å². The number of ether oxygens (including phenoxy) is 1. The molecule has 1 aliphatic heterocycles. The van der Waals surface area contributed by atoms with Gasteiger partial charge in [0.15, 0.2) is 0 Å². The molecule has 0 bridgehead atoms. The summed E-state index contributed by atoms with van der Waals surface area (Å²) in [7, 11) is 0. The molecule has 0 aliphatic carbocycles. The highest BCUT2D eigenvalue weighted by molar-refractivity contribution is 7.11. The largest absolute Gasteiger partial charge is 0.372 e. The summed E-state index contributed by atoms with van der Waals surface area (Å²) in [5.41, 5.74) is 3.39. The number of carbonyl (C=O) groups excluding carboxylic acids is 1. The predicted molar refractivity (Wildman–Crippen MR) is 108 cm³/mol. The van der Waals surface area contributed by atoms with Crippen LogP contribution in [0.2, 0.25) is 10.0 Å². The summed E-state index contributed by atoms with van der Waals surface area (Å²) >= 11 is 13.5. The maximum Gasteiger partial charge on any atom is 0.263 e. The number of amides is 1. The first-order valence-corrected chi connectivity index (χ1v) is 9.65. The van der Waals surface area contributed by atoms with Crippen LogP contribution in [0.1, 0.15) is 27.0 Å². The Bertz CT molecular complexity index is 757. The van der Waals surface area contributed by atoms with Crippen LogP contribution in [0.15, 0.2) is 23.7 Å². The molecule has 2 atom stereocenters. The Morgan fingerprint density at radius 3 is 2.92 bits per heavy atom. The number of rotatable bonds is 4. The fourth-order valence-corrected chi connectivity index (χ4v) is 3.87. The van der Waals surface area contributed by atoms with E-state index >= 15 is 0 Å². The summed E-state index contributed by atoms with van der Waals surface area (Å²) in [6.07, 6.45) is -0.160. The summed E-state index contributed by atoms with van der Waals surface area (Å²) in [4.78, 5) is 17.1. The molecular formula is C17H20Cl3N3O2S. The maximum atomic E-state index is 12.4. The minimum absolute atomic E-state index is 0. The summed E-state index contributed by atoms with van der Waals surface area (Å²) in [5.74, 6) is -0.0194. The summed E-state index contributed by atoms with van der Waals surface area (Å²) in [6, 6.07) is 5.53. The van der Waals surface area contributed by atoms with E-state index in [1.54, 1.807) is 11.6 Å². The number of hydrogen-bond acceptors (Lipinski definition) is 5. The molecule has 1 fully saturated rings.